The quantitative estimate of drug-likeness (QED) is 0.431. The minimum absolute atomic E-state index is 0.177. The zero-order valence-electron chi connectivity index (χ0n) is 13.8. The Bertz CT molecular complexity index is 242. The zero-order valence-corrected chi connectivity index (χ0v) is 13.8. The van der Waals surface area contributed by atoms with E-state index >= 15 is 0 Å². The molecule has 0 rings (SSSR count). The monoisotopic (exact) mass is 306 g/mol. The topological polar surface area (TPSA) is 71.1 Å². The number of methoxy groups -OCH3 is 1. The molecule has 6 heteroatoms. The molecule has 0 radical (unpaired) electrons. The van der Waals surface area contributed by atoms with Crippen molar-refractivity contribution in [2.24, 2.45) is 0 Å². The summed E-state index contributed by atoms with van der Waals surface area (Å²) >= 11 is 0. The zero-order chi connectivity index (χ0) is 16.3. The lowest BCUT2D eigenvalue weighted by molar-refractivity contribution is -0.144. The molecule has 0 aliphatic rings. The van der Waals surface area contributed by atoms with E-state index in [4.69, 9.17) is 14.2 Å². The first-order valence-electron chi connectivity index (χ1n) is 7.50. The molecule has 0 spiro atoms. The van der Waals surface area contributed by atoms with Crippen LogP contribution in [0, 0.1) is 0 Å². The summed E-state index contributed by atoms with van der Waals surface area (Å²) in [7, 11) is 1.38. The number of rotatable bonds is 11. The smallest absolute Gasteiger partial charge is 0.308 e. The Morgan fingerprint density at radius 3 is 1.62 bits per heavy atom. The number of carbonyl (C=O) groups is 2. The molecule has 21 heavy (non-hydrogen) atoms. The highest BCUT2D eigenvalue weighted by Crippen LogP contribution is 1.89. The van der Waals surface area contributed by atoms with Crippen molar-refractivity contribution in [3.05, 3.63) is 0 Å². The molecule has 0 saturated heterocycles. The van der Waals surface area contributed by atoms with Gasteiger partial charge in [-0.3, -0.25) is 9.59 Å². The van der Waals surface area contributed by atoms with Crippen LogP contribution < -0.4 is 0 Å². The number of hydrogen-bond donors (Lipinski definition) is 0. The van der Waals surface area contributed by atoms with Gasteiger partial charge in [0.25, 0.3) is 0 Å². The Kier molecular flexibility index (Phi) is 19.9. The average Bonchev–Trinajstić information content (AvgIpc) is 2.49. The fourth-order valence-corrected chi connectivity index (χ4v) is 1.14. The van der Waals surface area contributed by atoms with Crippen molar-refractivity contribution in [1.29, 1.82) is 0 Å². The molecule has 0 saturated carbocycles. The summed E-state index contributed by atoms with van der Waals surface area (Å²) in [4.78, 5) is 21.2. The second-order valence-corrected chi connectivity index (χ2v) is 4.11. The lowest BCUT2D eigenvalue weighted by Gasteiger charge is -2.01. The highest BCUT2D eigenvalue weighted by atomic mass is 16.5. The first kappa shape index (κ1) is 22.1. The molecule has 0 aromatic heterocycles. The molecule has 0 aromatic rings. The van der Waals surface area contributed by atoms with Crippen molar-refractivity contribution in [2.75, 3.05) is 40.1 Å². The lowest BCUT2D eigenvalue weighted by Crippen LogP contribution is -2.08. The van der Waals surface area contributed by atoms with Gasteiger partial charge < -0.3 is 18.9 Å². The minimum atomic E-state index is -0.212. The molecule has 0 atom stereocenters. The van der Waals surface area contributed by atoms with Crippen LogP contribution in [-0.2, 0) is 28.5 Å². The Morgan fingerprint density at radius 1 is 0.762 bits per heavy atom. The van der Waals surface area contributed by atoms with Crippen molar-refractivity contribution in [1.82, 2.24) is 0 Å². The molecular weight excluding hydrogens is 276 g/mol. The van der Waals surface area contributed by atoms with Crippen LogP contribution >= 0.6 is 0 Å². The first-order chi connectivity index (χ1) is 10.1. The van der Waals surface area contributed by atoms with Crippen molar-refractivity contribution in [2.45, 2.75) is 46.5 Å². The van der Waals surface area contributed by atoms with Crippen LogP contribution in [0.15, 0.2) is 0 Å². The lowest BCUT2D eigenvalue weighted by atomic mass is 10.4. The van der Waals surface area contributed by atoms with E-state index in [0.717, 1.165) is 26.1 Å². The maximum Gasteiger partial charge on any atom is 0.308 e. The molecule has 0 fully saturated rings. The van der Waals surface area contributed by atoms with Crippen LogP contribution in [-0.4, -0.2) is 52.1 Å². The molecule has 126 valence electrons. The molecular formula is C15H30O6. The standard InChI is InChI=1S/C8H16O3.C7H14O3/c1-3-6-10-7-5-8(9)11-4-2;1-3-5-10-6-4-7(8)9-2/h3-7H2,1-2H3;3-6H2,1-2H3. The minimum Gasteiger partial charge on any atom is -0.469 e. The summed E-state index contributed by atoms with van der Waals surface area (Å²) in [6.45, 7) is 8.70. The highest BCUT2D eigenvalue weighted by Gasteiger charge is 1.99. The molecule has 0 amide bonds. The van der Waals surface area contributed by atoms with E-state index in [-0.39, 0.29) is 11.9 Å². The highest BCUT2D eigenvalue weighted by molar-refractivity contribution is 5.69. The average molecular weight is 306 g/mol. The fraction of sp³-hybridized carbons (Fsp3) is 0.867. The number of esters is 2. The van der Waals surface area contributed by atoms with Gasteiger partial charge in [-0.15, -0.1) is 0 Å². The second-order valence-electron chi connectivity index (χ2n) is 4.11. The third-order valence-electron chi connectivity index (χ3n) is 2.13. The van der Waals surface area contributed by atoms with Gasteiger partial charge in [-0.2, -0.15) is 0 Å². The molecule has 0 aromatic carbocycles. The Labute approximate surface area is 128 Å². The summed E-state index contributed by atoms with van der Waals surface area (Å²) in [5, 5.41) is 0. The van der Waals surface area contributed by atoms with Gasteiger partial charge >= 0.3 is 11.9 Å². The van der Waals surface area contributed by atoms with Gasteiger partial charge in [0, 0.05) is 13.2 Å². The van der Waals surface area contributed by atoms with Crippen LogP contribution in [0.25, 0.3) is 0 Å². The van der Waals surface area contributed by atoms with Crippen molar-refractivity contribution >= 4 is 11.9 Å². The summed E-state index contributed by atoms with van der Waals surface area (Å²) in [5.41, 5.74) is 0. The SMILES string of the molecule is CCCOCCC(=O)OC.CCCOCCC(=O)OCC. The fourth-order valence-electron chi connectivity index (χ4n) is 1.14. The van der Waals surface area contributed by atoms with E-state index in [1.807, 2.05) is 13.8 Å². The van der Waals surface area contributed by atoms with E-state index in [2.05, 4.69) is 4.74 Å². The van der Waals surface area contributed by atoms with E-state index in [1.165, 1.54) is 7.11 Å². The van der Waals surface area contributed by atoms with Gasteiger partial charge in [-0.25, -0.2) is 0 Å². The molecule has 0 bridgehead atoms. The van der Waals surface area contributed by atoms with Gasteiger partial charge in [0.05, 0.1) is 39.8 Å². The van der Waals surface area contributed by atoms with Gasteiger partial charge in [0.2, 0.25) is 0 Å². The predicted molar refractivity (Wildman–Crippen MR) is 80.1 cm³/mol. The van der Waals surface area contributed by atoms with Crippen LogP contribution in [0.1, 0.15) is 46.5 Å². The number of ether oxygens (including phenoxy) is 4. The van der Waals surface area contributed by atoms with Crippen molar-refractivity contribution < 1.29 is 28.5 Å². The van der Waals surface area contributed by atoms with Crippen molar-refractivity contribution in [3.8, 4) is 0 Å². The van der Waals surface area contributed by atoms with Gasteiger partial charge in [0.15, 0.2) is 0 Å². The molecule has 0 aliphatic heterocycles. The summed E-state index contributed by atoms with van der Waals surface area (Å²) in [6.07, 6.45) is 2.70. The van der Waals surface area contributed by atoms with Crippen LogP contribution in [0.4, 0.5) is 0 Å². The van der Waals surface area contributed by atoms with Crippen LogP contribution in [0.5, 0.6) is 0 Å². The third kappa shape index (κ3) is 21.3. The normalized spacial score (nSPS) is 9.52. The Morgan fingerprint density at radius 2 is 1.24 bits per heavy atom. The van der Waals surface area contributed by atoms with Gasteiger partial charge in [-0.05, 0) is 19.8 Å². The predicted octanol–water partition coefficient (Wildman–Crippen LogP) is 2.34. The maximum atomic E-state index is 10.7. The van der Waals surface area contributed by atoms with E-state index < -0.39 is 0 Å². The first-order valence-corrected chi connectivity index (χ1v) is 7.50. The second kappa shape index (κ2) is 18.9. The molecule has 0 heterocycles. The maximum absolute atomic E-state index is 10.7. The molecule has 0 aliphatic carbocycles. The number of hydrogen-bond acceptors (Lipinski definition) is 6. The Balaban J connectivity index is 0. The van der Waals surface area contributed by atoms with E-state index in [9.17, 15) is 9.59 Å². The van der Waals surface area contributed by atoms with Crippen LogP contribution in [0.2, 0.25) is 0 Å². The summed E-state index contributed by atoms with van der Waals surface area (Å²) in [6, 6.07) is 0. The third-order valence-corrected chi connectivity index (χ3v) is 2.13. The molecule has 6 nitrogen and oxygen atoms in total. The molecule has 0 N–H and O–H groups in total. The van der Waals surface area contributed by atoms with E-state index in [1.54, 1.807) is 6.92 Å². The Hall–Kier alpha value is -1.14. The van der Waals surface area contributed by atoms with Gasteiger partial charge in [-0.1, -0.05) is 13.8 Å². The van der Waals surface area contributed by atoms with Crippen LogP contribution in [0.3, 0.4) is 0 Å². The largest absolute Gasteiger partial charge is 0.469 e. The number of carbonyl (C=O) groups excluding carboxylic acids is 2. The summed E-state index contributed by atoms with van der Waals surface area (Å²) in [5.74, 6) is -0.389. The summed E-state index contributed by atoms with van der Waals surface area (Å²) < 4.78 is 19.3. The van der Waals surface area contributed by atoms with Crippen molar-refractivity contribution in [3.63, 3.8) is 0 Å². The molecule has 0 unspecified atom stereocenters. The van der Waals surface area contributed by atoms with E-state index in [0.29, 0.717) is 32.7 Å². The van der Waals surface area contributed by atoms with Gasteiger partial charge in [0.1, 0.15) is 0 Å².